The average molecular weight is 816 g/mol. The van der Waals surface area contributed by atoms with E-state index in [0.29, 0.717) is 16.7 Å². The maximum absolute atomic E-state index is 13.3. The van der Waals surface area contributed by atoms with Gasteiger partial charge < -0.3 is 58.5 Å². The zero-order valence-corrected chi connectivity index (χ0v) is 31.9. The normalized spacial score (nSPS) is 26.6. The number of carbonyl (C=O) groups is 4. The first kappa shape index (κ1) is 42.9. The fourth-order valence-electron chi connectivity index (χ4n) is 6.62. The number of alkyl carbamates (subject to hydrolysis) is 1. The lowest BCUT2D eigenvalue weighted by atomic mass is 9.95. The van der Waals surface area contributed by atoms with Gasteiger partial charge in [-0.1, -0.05) is 109 Å². The smallest absolute Gasteiger partial charge is 0.407 e. The second kappa shape index (κ2) is 20.8. The van der Waals surface area contributed by atoms with Crippen LogP contribution in [0.15, 0.2) is 121 Å². The number of hydrogen-bond donors (Lipinski definition) is 4. The minimum atomic E-state index is -1.96. The van der Waals surface area contributed by atoms with Gasteiger partial charge in [0.1, 0.15) is 49.8 Å². The van der Waals surface area contributed by atoms with Crippen molar-refractivity contribution in [2.45, 2.75) is 88.1 Å². The minimum absolute atomic E-state index is 0.107. The van der Waals surface area contributed by atoms with E-state index in [1.54, 1.807) is 109 Å². The molecule has 0 spiro atoms. The van der Waals surface area contributed by atoms with Crippen molar-refractivity contribution < 1.29 is 72.4 Å². The number of ether oxygens (including phenoxy) is 8. The summed E-state index contributed by atoms with van der Waals surface area (Å²) in [6, 6.07) is 33.2. The molecule has 4 aromatic rings. The molecule has 0 radical (unpaired) electrons. The lowest BCUT2D eigenvalue weighted by molar-refractivity contribution is -0.348. The van der Waals surface area contributed by atoms with Gasteiger partial charge >= 0.3 is 24.0 Å². The van der Waals surface area contributed by atoms with E-state index in [2.05, 4.69) is 5.32 Å². The van der Waals surface area contributed by atoms with Crippen LogP contribution in [0.4, 0.5) is 4.79 Å². The van der Waals surface area contributed by atoms with Gasteiger partial charge in [-0.25, -0.2) is 14.4 Å². The lowest BCUT2D eigenvalue weighted by Gasteiger charge is -2.48. The van der Waals surface area contributed by atoms with E-state index in [9.17, 15) is 34.5 Å². The zero-order chi connectivity index (χ0) is 41.7. The molecule has 0 unspecified atom stereocenters. The summed E-state index contributed by atoms with van der Waals surface area (Å²) in [5, 5.41) is 35.5. The molecule has 312 valence electrons. The number of carboxylic acid groups (broad SMARTS) is 1. The molecule has 2 aliphatic rings. The molecule has 0 saturated carbocycles. The maximum Gasteiger partial charge on any atom is 0.407 e. The molecule has 4 aromatic carbocycles. The summed E-state index contributed by atoms with van der Waals surface area (Å²) >= 11 is 0. The highest BCUT2D eigenvalue weighted by Crippen LogP contribution is 2.34. The van der Waals surface area contributed by atoms with Crippen molar-refractivity contribution in [3.63, 3.8) is 0 Å². The Morgan fingerprint density at radius 2 is 1.17 bits per heavy atom. The third-order valence-electron chi connectivity index (χ3n) is 9.48. The fraction of sp³-hybridized carbons (Fsp3) is 0.349. The molecule has 16 nitrogen and oxygen atoms in total. The van der Waals surface area contributed by atoms with Gasteiger partial charge in [0, 0.05) is 6.92 Å². The Morgan fingerprint density at radius 3 is 1.71 bits per heavy atom. The molecule has 10 atom stereocenters. The molecular formula is C43H45NO15. The summed E-state index contributed by atoms with van der Waals surface area (Å²) in [5.41, 5.74) is 2.24. The number of aliphatic carboxylic acids is 1. The largest absolute Gasteiger partial charge is 0.479 e. The second-order valence-corrected chi connectivity index (χ2v) is 13.7. The summed E-state index contributed by atoms with van der Waals surface area (Å²) in [4.78, 5) is 51.6. The Bertz CT molecular complexity index is 1960. The second-order valence-electron chi connectivity index (χ2n) is 13.7. The fourth-order valence-corrected chi connectivity index (χ4v) is 6.62. The quantitative estimate of drug-likeness (QED) is 0.0941. The topological polar surface area (TPSA) is 215 Å². The molecule has 0 bridgehead atoms. The number of amides is 1. The van der Waals surface area contributed by atoms with Crippen molar-refractivity contribution in [1.82, 2.24) is 5.32 Å². The predicted molar refractivity (Wildman–Crippen MR) is 204 cm³/mol. The van der Waals surface area contributed by atoms with Crippen molar-refractivity contribution in [2.24, 2.45) is 0 Å². The Kier molecular flexibility index (Phi) is 15.1. The van der Waals surface area contributed by atoms with Gasteiger partial charge in [-0.05, 0) is 28.8 Å². The molecule has 4 N–H and O–H groups in total. The molecule has 0 aliphatic carbocycles. The molecule has 2 aliphatic heterocycles. The maximum atomic E-state index is 13.3. The SMILES string of the molecule is CC(=O)O[C@H]1[C@H](O[C@H]2[C@H](OCc3ccccc3)[C@@H](NC(=O)OCc3ccccc3)[C@@H](O)O[C@@H]2COC(=O)c2ccccc2)O[C@@H](C(=O)O)[C@@H](O)[C@@H]1OCc1ccccc1. The summed E-state index contributed by atoms with van der Waals surface area (Å²) in [6.07, 6.45) is -15.8. The molecule has 6 rings (SSSR count). The summed E-state index contributed by atoms with van der Waals surface area (Å²) in [7, 11) is 0. The number of benzene rings is 4. The molecule has 0 aromatic heterocycles. The highest BCUT2D eigenvalue weighted by Gasteiger charge is 2.55. The van der Waals surface area contributed by atoms with Crippen LogP contribution in [0.25, 0.3) is 0 Å². The van der Waals surface area contributed by atoms with Gasteiger partial charge in [-0.15, -0.1) is 0 Å². The molecule has 2 fully saturated rings. The van der Waals surface area contributed by atoms with Crippen LogP contribution in [0.2, 0.25) is 0 Å². The van der Waals surface area contributed by atoms with E-state index in [4.69, 9.17) is 37.9 Å². The van der Waals surface area contributed by atoms with Crippen molar-refractivity contribution in [2.75, 3.05) is 6.61 Å². The van der Waals surface area contributed by atoms with Gasteiger partial charge in [-0.3, -0.25) is 4.79 Å². The first-order valence-corrected chi connectivity index (χ1v) is 18.8. The van der Waals surface area contributed by atoms with Crippen molar-refractivity contribution in [1.29, 1.82) is 0 Å². The third-order valence-corrected chi connectivity index (χ3v) is 9.48. The van der Waals surface area contributed by atoms with E-state index in [-0.39, 0.29) is 25.4 Å². The standard InChI is InChI=1S/C43H45NO15/c1-26(45)56-38-36(53-23-28-16-8-3-9-17-28)33(46)37(39(47)48)59-42(38)58-34-31(25-54-40(49)30-20-12-5-13-21-30)57-41(50)32(35(34)52-22-27-14-6-2-7-15-27)44-43(51)55-24-29-18-10-4-11-19-29/h2-21,31-38,41-42,46,50H,22-25H2,1H3,(H,44,51)(H,47,48)/t31-,32-,33+,34-,35-,36+,37-,38-,41+,42-/m1/s1. The van der Waals surface area contributed by atoms with E-state index in [1.165, 1.54) is 12.1 Å². The summed E-state index contributed by atoms with van der Waals surface area (Å²) in [6.45, 7) is 0.183. The lowest BCUT2D eigenvalue weighted by Crippen LogP contribution is -2.68. The van der Waals surface area contributed by atoms with Crippen molar-refractivity contribution in [3.05, 3.63) is 144 Å². The molecule has 2 saturated heterocycles. The number of nitrogens with one attached hydrogen (secondary N) is 1. The van der Waals surface area contributed by atoms with Gasteiger partial charge in [-0.2, -0.15) is 0 Å². The van der Waals surface area contributed by atoms with Gasteiger partial charge in [0.15, 0.2) is 24.8 Å². The Labute approximate surface area is 339 Å². The molecule has 1 amide bonds. The molecule has 59 heavy (non-hydrogen) atoms. The van der Waals surface area contributed by atoms with E-state index >= 15 is 0 Å². The molecule has 16 heteroatoms. The van der Waals surface area contributed by atoms with E-state index < -0.39 is 92.0 Å². The number of esters is 2. The van der Waals surface area contributed by atoms with Gasteiger partial charge in [0.05, 0.1) is 18.8 Å². The van der Waals surface area contributed by atoms with Crippen molar-refractivity contribution in [3.8, 4) is 0 Å². The van der Waals surface area contributed by atoms with E-state index in [1.807, 2.05) is 0 Å². The Balaban J connectivity index is 1.35. The van der Waals surface area contributed by atoms with E-state index in [0.717, 1.165) is 6.92 Å². The Hall–Kier alpha value is -5.72. The zero-order valence-electron chi connectivity index (χ0n) is 31.9. The highest BCUT2D eigenvalue weighted by atomic mass is 16.7. The van der Waals surface area contributed by atoms with Crippen LogP contribution in [0.5, 0.6) is 0 Å². The van der Waals surface area contributed by atoms with Crippen LogP contribution in [0, 0.1) is 0 Å². The first-order chi connectivity index (χ1) is 28.6. The van der Waals surface area contributed by atoms with Crippen LogP contribution in [0.1, 0.15) is 34.0 Å². The van der Waals surface area contributed by atoms with Crippen LogP contribution in [-0.4, -0.2) is 107 Å². The van der Waals surface area contributed by atoms with Crippen molar-refractivity contribution >= 4 is 24.0 Å². The van der Waals surface area contributed by atoms with Gasteiger partial charge in [0.2, 0.25) is 0 Å². The Morgan fingerprint density at radius 1 is 0.644 bits per heavy atom. The van der Waals surface area contributed by atoms with Crippen LogP contribution in [0.3, 0.4) is 0 Å². The first-order valence-electron chi connectivity index (χ1n) is 18.8. The van der Waals surface area contributed by atoms with Crippen LogP contribution >= 0.6 is 0 Å². The van der Waals surface area contributed by atoms with Crippen LogP contribution in [-0.2, 0) is 67.3 Å². The minimum Gasteiger partial charge on any atom is -0.479 e. The number of aliphatic hydroxyl groups is 2. The predicted octanol–water partition coefficient (Wildman–Crippen LogP) is 3.51. The highest BCUT2D eigenvalue weighted by molar-refractivity contribution is 5.89. The van der Waals surface area contributed by atoms with Crippen LogP contribution < -0.4 is 5.32 Å². The molecule has 2 heterocycles. The molecular weight excluding hydrogens is 770 g/mol. The number of aliphatic hydroxyl groups excluding tert-OH is 2. The number of rotatable bonds is 16. The third kappa shape index (κ3) is 11.7. The number of carboxylic acids is 1. The number of hydrogen-bond acceptors (Lipinski definition) is 14. The summed E-state index contributed by atoms with van der Waals surface area (Å²) in [5.74, 6) is -3.17. The average Bonchev–Trinajstić information content (AvgIpc) is 3.24. The van der Waals surface area contributed by atoms with Gasteiger partial charge in [0.25, 0.3) is 0 Å². The number of carbonyl (C=O) groups excluding carboxylic acids is 3. The summed E-state index contributed by atoms with van der Waals surface area (Å²) < 4.78 is 47.4. The monoisotopic (exact) mass is 815 g/mol.